The molecule has 0 saturated heterocycles. The summed E-state index contributed by atoms with van der Waals surface area (Å²) < 4.78 is 13.3. The van der Waals surface area contributed by atoms with Crippen LogP contribution in [0.4, 0.5) is 4.39 Å². The van der Waals surface area contributed by atoms with Crippen molar-refractivity contribution < 1.29 is 4.39 Å². The Labute approximate surface area is 127 Å². The van der Waals surface area contributed by atoms with Crippen LogP contribution < -0.4 is 5.73 Å². The number of halogens is 3. The van der Waals surface area contributed by atoms with E-state index in [0.717, 1.165) is 29.5 Å². The van der Waals surface area contributed by atoms with E-state index in [1.807, 2.05) is 18.2 Å². The van der Waals surface area contributed by atoms with Gasteiger partial charge in [0.2, 0.25) is 0 Å². The number of benzene rings is 2. The first kappa shape index (κ1) is 13.9. The lowest BCUT2D eigenvalue weighted by Gasteiger charge is -2.26. The standard InChI is InChI=1S/C16H14Cl2FN/c17-14-2-1-3-15(18)12(14)9-16(20)7-6-10-8-11(19)4-5-13(10)16/h1-5,8H,6-7,9,20H2. The summed E-state index contributed by atoms with van der Waals surface area (Å²) in [5, 5.41) is 1.25. The van der Waals surface area contributed by atoms with Crippen LogP contribution in [-0.4, -0.2) is 0 Å². The monoisotopic (exact) mass is 309 g/mol. The van der Waals surface area contributed by atoms with Gasteiger partial charge in [-0.25, -0.2) is 4.39 Å². The summed E-state index contributed by atoms with van der Waals surface area (Å²) >= 11 is 12.4. The van der Waals surface area contributed by atoms with Crippen molar-refractivity contribution in [2.75, 3.05) is 0 Å². The molecular weight excluding hydrogens is 296 g/mol. The van der Waals surface area contributed by atoms with E-state index in [4.69, 9.17) is 28.9 Å². The maximum atomic E-state index is 13.3. The zero-order valence-corrected chi connectivity index (χ0v) is 12.3. The fourth-order valence-electron chi connectivity index (χ4n) is 2.95. The van der Waals surface area contributed by atoms with Crippen molar-refractivity contribution in [3.8, 4) is 0 Å². The van der Waals surface area contributed by atoms with Gasteiger partial charge in [0, 0.05) is 15.6 Å². The Morgan fingerprint density at radius 1 is 1.15 bits per heavy atom. The molecule has 0 amide bonds. The van der Waals surface area contributed by atoms with Crippen molar-refractivity contribution in [1.82, 2.24) is 0 Å². The van der Waals surface area contributed by atoms with E-state index >= 15 is 0 Å². The van der Waals surface area contributed by atoms with Crippen LogP contribution in [0.3, 0.4) is 0 Å². The number of aryl methyl sites for hydroxylation is 1. The molecule has 20 heavy (non-hydrogen) atoms. The largest absolute Gasteiger partial charge is 0.321 e. The molecule has 2 aromatic rings. The smallest absolute Gasteiger partial charge is 0.123 e. The molecule has 3 rings (SSSR count). The summed E-state index contributed by atoms with van der Waals surface area (Å²) in [5.41, 5.74) is 8.86. The number of hydrogen-bond acceptors (Lipinski definition) is 1. The summed E-state index contributed by atoms with van der Waals surface area (Å²) in [7, 11) is 0. The van der Waals surface area contributed by atoms with E-state index in [1.165, 1.54) is 6.07 Å². The van der Waals surface area contributed by atoms with E-state index < -0.39 is 5.54 Å². The Kier molecular flexibility index (Phi) is 3.49. The van der Waals surface area contributed by atoms with Gasteiger partial charge in [-0.05, 0) is 60.2 Å². The minimum absolute atomic E-state index is 0.219. The molecule has 4 heteroatoms. The minimum atomic E-state index is -0.530. The molecule has 2 aromatic carbocycles. The van der Waals surface area contributed by atoms with Crippen molar-refractivity contribution in [2.45, 2.75) is 24.8 Å². The minimum Gasteiger partial charge on any atom is -0.321 e. The summed E-state index contributed by atoms with van der Waals surface area (Å²) in [5.74, 6) is -0.219. The highest BCUT2D eigenvalue weighted by molar-refractivity contribution is 6.36. The average molecular weight is 310 g/mol. The van der Waals surface area contributed by atoms with Crippen LogP contribution >= 0.6 is 23.2 Å². The highest BCUT2D eigenvalue weighted by Crippen LogP contribution is 2.40. The van der Waals surface area contributed by atoms with Gasteiger partial charge < -0.3 is 5.73 Å². The van der Waals surface area contributed by atoms with Crippen molar-refractivity contribution >= 4 is 23.2 Å². The van der Waals surface area contributed by atoms with Crippen molar-refractivity contribution in [1.29, 1.82) is 0 Å². The maximum absolute atomic E-state index is 13.3. The molecule has 0 spiro atoms. The maximum Gasteiger partial charge on any atom is 0.123 e. The third kappa shape index (κ3) is 2.32. The molecule has 104 valence electrons. The van der Waals surface area contributed by atoms with Crippen LogP contribution in [0.1, 0.15) is 23.1 Å². The highest BCUT2D eigenvalue weighted by atomic mass is 35.5. The van der Waals surface area contributed by atoms with E-state index in [-0.39, 0.29) is 5.82 Å². The van der Waals surface area contributed by atoms with E-state index in [1.54, 1.807) is 12.1 Å². The van der Waals surface area contributed by atoms with E-state index in [9.17, 15) is 4.39 Å². The molecular formula is C16H14Cl2FN. The molecule has 1 aliphatic rings. The Hall–Kier alpha value is -1.09. The molecule has 0 radical (unpaired) electrons. The lowest BCUT2D eigenvalue weighted by molar-refractivity contribution is 0.439. The number of nitrogens with two attached hydrogens (primary N) is 1. The van der Waals surface area contributed by atoms with Crippen LogP contribution in [0, 0.1) is 5.82 Å². The number of rotatable bonds is 2. The van der Waals surface area contributed by atoms with Crippen LogP contribution in [-0.2, 0) is 18.4 Å². The van der Waals surface area contributed by atoms with Gasteiger partial charge in [0.05, 0.1) is 0 Å². The van der Waals surface area contributed by atoms with Gasteiger partial charge in [0.1, 0.15) is 5.82 Å². The molecule has 2 N–H and O–H groups in total. The first-order chi connectivity index (χ1) is 9.49. The van der Waals surface area contributed by atoms with Crippen LogP contribution in [0.25, 0.3) is 0 Å². The predicted octanol–water partition coefficient (Wildman–Crippen LogP) is 4.48. The first-order valence-electron chi connectivity index (χ1n) is 6.50. The highest BCUT2D eigenvalue weighted by Gasteiger charge is 2.36. The lowest BCUT2D eigenvalue weighted by Crippen LogP contribution is -2.36. The third-order valence-electron chi connectivity index (χ3n) is 4.00. The fourth-order valence-corrected chi connectivity index (χ4v) is 3.48. The second-order valence-electron chi connectivity index (χ2n) is 5.33. The van der Waals surface area contributed by atoms with Gasteiger partial charge in [0.25, 0.3) is 0 Å². The second kappa shape index (κ2) is 5.03. The molecule has 0 saturated carbocycles. The summed E-state index contributed by atoms with van der Waals surface area (Å²) in [6.45, 7) is 0. The van der Waals surface area contributed by atoms with E-state index in [0.29, 0.717) is 16.5 Å². The van der Waals surface area contributed by atoms with Gasteiger partial charge in [-0.2, -0.15) is 0 Å². The molecule has 1 nitrogen and oxygen atoms in total. The Morgan fingerprint density at radius 2 is 1.85 bits per heavy atom. The van der Waals surface area contributed by atoms with Gasteiger partial charge in [0.15, 0.2) is 0 Å². The quantitative estimate of drug-likeness (QED) is 0.870. The van der Waals surface area contributed by atoms with Crippen molar-refractivity contribution in [3.05, 3.63) is 69.0 Å². The first-order valence-corrected chi connectivity index (χ1v) is 7.26. The van der Waals surface area contributed by atoms with Crippen LogP contribution in [0.2, 0.25) is 10.0 Å². The Balaban J connectivity index is 2.00. The molecule has 0 aromatic heterocycles. The molecule has 0 heterocycles. The summed E-state index contributed by atoms with van der Waals surface area (Å²) in [6, 6.07) is 10.2. The normalized spacial score (nSPS) is 21.0. The molecule has 0 bridgehead atoms. The second-order valence-corrected chi connectivity index (χ2v) is 6.15. The number of fused-ring (bicyclic) bond motifs is 1. The zero-order valence-electron chi connectivity index (χ0n) is 10.8. The summed E-state index contributed by atoms with van der Waals surface area (Å²) in [6.07, 6.45) is 2.11. The SMILES string of the molecule is NC1(Cc2c(Cl)cccc2Cl)CCc2cc(F)ccc21. The van der Waals surface area contributed by atoms with Crippen LogP contribution in [0.5, 0.6) is 0 Å². The predicted molar refractivity (Wildman–Crippen MR) is 80.8 cm³/mol. The molecule has 0 fully saturated rings. The van der Waals surface area contributed by atoms with Crippen molar-refractivity contribution in [2.24, 2.45) is 5.73 Å². The topological polar surface area (TPSA) is 26.0 Å². The average Bonchev–Trinajstić information content (AvgIpc) is 2.72. The molecule has 1 unspecified atom stereocenters. The number of hydrogen-bond donors (Lipinski definition) is 1. The van der Waals surface area contributed by atoms with E-state index in [2.05, 4.69) is 0 Å². The molecule has 1 aliphatic carbocycles. The Morgan fingerprint density at radius 3 is 2.55 bits per heavy atom. The third-order valence-corrected chi connectivity index (χ3v) is 4.71. The summed E-state index contributed by atoms with van der Waals surface area (Å²) in [4.78, 5) is 0. The van der Waals surface area contributed by atoms with Crippen molar-refractivity contribution in [3.63, 3.8) is 0 Å². The lowest BCUT2D eigenvalue weighted by atomic mass is 9.86. The zero-order chi connectivity index (χ0) is 14.3. The molecule has 1 atom stereocenters. The van der Waals surface area contributed by atoms with Gasteiger partial charge in [-0.1, -0.05) is 35.3 Å². The van der Waals surface area contributed by atoms with Crippen LogP contribution in [0.15, 0.2) is 36.4 Å². The molecule has 0 aliphatic heterocycles. The Bertz CT molecular complexity index is 651. The van der Waals surface area contributed by atoms with Gasteiger partial charge in [-0.15, -0.1) is 0 Å². The fraction of sp³-hybridized carbons (Fsp3) is 0.250. The van der Waals surface area contributed by atoms with Gasteiger partial charge in [-0.3, -0.25) is 0 Å². The van der Waals surface area contributed by atoms with Gasteiger partial charge >= 0.3 is 0 Å².